The number of aromatic nitrogens is 1. The molecule has 0 N–H and O–H groups in total. The topological polar surface area (TPSA) is 72.0 Å². The first-order chi connectivity index (χ1) is 15.5. The van der Waals surface area contributed by atoms with E-state index in [1.165, 1.54) is 31.6 Å². The van der Waals surface area contributed by atoms with E-state index in [1.807, 2.05) is 0 Å². The average Bonchev–Trinajstić information content (AvgIpc) is 3.33. The third-order valence-electron chi connectivity index (χ3n) is 5.28. The van der Waals surface area contributed by atoms with Crippen molar-refractivity contribution in [3.63, 3.8) is 0 Å². The number of amides is 2. The lowest BCUT2D eigenvalue weighted by atomic mass is 10.1. The Kier molecular flexibility index (Phi) is 6.36. The van der Waals surface area contributed by atoms with Gasteiger partial charge in [-0.15, -0.1) is 11.3 Å². The summed E-state index contributed by atoms with van der Waals surface area (Å²) in [6, 6.07) is 11.4. The third kappa shape index (κ3) is 4.43. The van der Waals surface area contributed by atoms with Gasteiger partial charge >= 0.3 is 0 Å². The van der Waals surface area contributed by atoms with Gasteiger partial charge in [0, 0.05) is 48.8 Å². The van der Waals surface area contributed by atoms with Gasteiger partial charge in [0.25, 0.3) is 11.8 Å². The molecule has 1 saturated heterocycles. The zero-order valence-electron chi connectivity index (χ0n) is 17.7. The summed E-state index contributed by atoms with van der Waals surface area (Å²) in [6.45, 7) is 1.57. The third-order valence-corrected chi connectivity index (χ3v) is 6.16. The van der Waals surface area contributed by atoms with Crippen molar-refractivity contribution in [2.24, 2.45) is 0 Å². The molecule has 2 amide bonds. The Hall–Kier alpha value is -3.46. The fourth-order valence-corrected chi connectivity index (χ4v) is 4.34. The molecule has 0 spiro atoms. The number of ether oxygens (including phenoxy) is 2. The molecule has 166 valence electrons. The first kappa shape index (κ1) is 21.8. The summed E-state index contributed by atoms with van der Waals surface area (Å²) in [5, 5.41) is 2.11. The number of hydrogen-bond acceptors (Lipinski definition) is 6. The highest BCUT2D eigenvalue weighted by molar-refractivity contribution is 7.13. The second kappa shape index (κ2) is 9.35. The summed E-state index contributed by atoms with van der Waals surface area (Å²) < 4.78 is 24.5. The number of carbonyl (C=O) groups excluding carboxylic acids is 2. The van der Waals surface area contributed by atoms with Gasteiger partial charge in [0.1, 0.15) is 28.0 Å². The van der Waals surface area contributed by atoms with Crippen LogP contribution >= 0.6 is 11.3 Å². The number of hydrogen-bond donors (Lipinski definition) is 0. The van der Waals surface area contributed by atoms with Crippen molar-refractivity contribution in [2.45, 2.75) is 0 Å². The maximum Gasteiger partial charge on any atom is 0.273 e. The normalized spacial score (nSPS) is 13.7. The molecule has 2 heterocycles. The predicted molar refractivity (Wildman–Crippen MR) is 119 cm³/mol. The average molecular weight is 456 g/mol. The predicted octanol–water partition coefficient (Wildman–Crippen LogP) is 3.56. The van der Waals surface area contributed by atoms with Crippen molar-refractivity contribution < 1.29 is 23.5 Å². The van der Waals surface area contributed by atoms with Crippen LogP contribution in [0.1, 0.15) is 20.8 Å². The van der Waals surface area contributed by atoms with Gasteiger partial charge < -0.3 is 19.3 Å². The van der Waals surface area contributed by atoms with Gasteiger partial charge in [0.15, 0.2) is 0 Å². The monoisotopic (exact) mass is 455 g/mol. The number of carbonyl (C=O) groups is 2. The van der Waals surface area contributed by atoms with E-state index in [0.717, 1.165) is 0 Å². The number of methoxy groups -OCH3 is 2. The first-order valence-electron chi connectivity index (χ1n) is 10.0. The summed E-state index contributed by atoms with van der Waals surface area (Å²) in [6.07, 6.45) is 0. The van der Waals surface area contributed by atoms with Crippen molar-refractivity contribution in [3.05, 3.63) is 64.9 Å². The minimum atomic E-state index is -0.373. The van der Waals surface area contributed by atoms with Crippen LogP contribution in [0.3, 0.4) is 0 Å². The molecule has 32 heavy (non-hydrogen) atoms. The molecular weight excluding hydrogens is 433 g/mol. The van der Waals surface area contributed by atoms with Crippen LogP contribution in [-0.4, -0.2) is 67.0 Å². The molecular formula is C23H22FN3O4S. The molecule has 0 aliphatic carbocycles. The molecule has 9 heteroatoms. The molecule has 1 fully saturated rings. The Bertz CT molecular complexity index is 1120. The van der Waals surface area contributed by atoms with Crippen LogP contribution < -0.4 is 9.47 Å². The molecule has 4 rings (SSSR count). The van der Waals surface area contributed by atoms with E-state index in [2.05, 4.69) is 4.98 Å². The number of rotatable bonds is 5. The van der Waals surface area contributed by atoms with Crippen LogP contribution in [0.5, 0.6) is 11.5 Å². The molecule has 0 radical (unpaired) electrons. The molecule has 1 aliphatic rings. The van der Waals surface area contributed by atoms with Gasteiger partial charge in [-0.25, -0.2) is 9.37 Å². The van der Waals surface area contributed by atoms with Gasteiger partial charge in [-0.05, 0) is 24.3 Å². The van der Waals surface area contributed by atoms with Gasteiger partial charge in [0.2, 0.25) is 0 Å². The van der Waals surface area contributed by atoms with Gasteiger partial charge in [-0.1, -0.05) is 12.1 Å². The van der Waals surface area contributed by atoms with Gasteiger partial charge in [-0.3, -0.25) is 9.59 Å². The van der Waals surface area contributed by atoms with E-state index >= 15 is 0 Å². The number of piperazine rings is 1. The molecule has 0 unspecified atom stereocenters. The minimum absolute atomic E-state index is 0.148. The summed E-state index contributed by atoms with van der Waals surface area (Å²) in [5.41, 5.74) is 1.13. The number of thiazole rings is 1. The van der Waals surface area contributed by atoms with Crippen LogP contribution in [0.4, 0.5) is 4.39 Å². The van der Waals surface area contributed by atoms with Crippen molar-refractivity contribution in [2.75, 3.05) is 40.4 Å². The molecule has 0 bridgehead atoms. The Morgan fingerprint density at radius 3 is 2.12 bits per heavy atom. The minimum Gasteiger partial charge on any atom is -0.497 e. The molecule has 3 aromatic rings. The van der Waals surface area contributed by atoms with E-state index in [9.17, 15) is 14.0 Å². The zero-order chi connectivity index (χ0) is 22.7. The first-order valence-corrected chi connectivity index (χ1v) is 10.9. The molecule has 2 aromatic carbocycles. The zero-order valence-corrected chi connectivity index (χ0v) is 18.5. The Morgan fingerprint density at radius 2 is 1.53 bits per heavy atom. The standard InChI is InChI=1S/C23H22FN3O4S/c1-30-16-11-15(12-17(13-16)31-2)22(28)26-7-9-27(10-8-26)23(29)20-14-32-21(25-20)18-5-3-4-6-19(18)24/h3-6,11-14H,7-10H2,1-2H3. The van der Waals surface area contributed by atoms with E-state index in [-0.39, 0.29) is 23.3 Å². The van der Waals surface area contributed by atoms with Crippen molar-refractivity contribution >= 4 is 23.2 Å². The Labute approximate surface area is 189 Å². The molecule has 0 saturated carbocycles. The Morgan fingerprint density at radius 1 is 0.938 bits per heavy atom. The summed E-state index contributed by atoms with van der Waals surface area (Å²) in [5.74, 6) is 0.331. The van der Waals surface area contributed by atoms with Crippen molar-refractivity contribution in [1.82, 2.24) is 14.8 Å². The van der Waals surface area contributed by atoms with Crippen LogP contribution in [-0.2, 0) is 0 Å². The molecule has 1 aliphatic heterocycles. The van der Waals surface area contributed by atoms with Crippen LogP contribution in [0.15, 0.2) is 47.8 Å². The lowest BCUT2D eigenvalue weighted by Gasteiger charge is -2.34. The maximum atomic E-state index is 14.0. The largest absolute Gasteiger partial charge is 0.497 e. The van der Waals surface area contributed by atoms with E-state index in [1.54, 1.807) is 51.6 Å². The molecule has 1 aromatic heterocycles. The summed E-state index contributed by atoms with van der Waals surface area (Å²) in [7, 11) is 3.06. The number of nitrogens with zero attached hydrogens (tertiary/aromatic N) is 3. The van der Waals surface area contributed by atoms with E-state index in [0.29, 0.717) is 53.8 Å². The SMILES string of the molecule is COc1cc(OC)cc(C(=O)N2CCN(C(=O)c3csc(-c4ccccc4F)n3)CC2)c1. The fraction of sp³-hybridized carbons (Fsp3) is 0.261. The van der Waals surface area contributed by atoms with E-state index < -0.39 is 0 Å². The fourth-order valence-electron chi connectivity index (χ4n) is 3.52. The van der Waals surface area contributed by atoms with Crippen molar-refractivity contribution in [1.29, 1.82) is 0 Å². The molecule has 0 atom stereocenters. The number of benzene rings is 2. The maximum absolute atomic E-state index is 14.0. The Balaban J connectivity index is 1.41. The van der Waals surface area contributed by atoms with Crippen LogP contribution in [0.2, 0.25) is 0 Å². The highest BCUT2D eigenvalue weighted by Crippen LogP contribution is 2.27. The van der Waals surface area contributed by atoms with Crippen LogP contribution in [0, 0.1) is 5.82 Å². The number of halogens is 1. The second-order valence-electron chi connectivity index (χ2n) is 7.20. The highest BCUT2D eigenvalue weighted by atomic mass is 32.1. The lowest BCUT2D eigenvalue weighted by molar-refractivity contribution is 0.0532. The second-order valence-corrected chi connectivity index (χ2v) is 8.06. The summed E-state index contributed by atoms with van der Waals surface area (Å²) >= 11 is 1.23. The molecule has 7 nitrogen and oxygen atoms in total. The highest BCUT2D eigenvalue weighted by Gasteiger charge is 2.27. The quantitative estimate of drug-likeness (QED) is 0.588. The van der Waals surface area contributed by atoms with Crippen molar-refractivity contribution in [3.8, 4) is 22.1 Å². The van der Waals surface area contributed by atoms with Crippen LogP contribution in [0.25, 0.3) is 10.6 Å². The van der Waals surface area contributed by atoms with Gasteiger partial charge in [0.05, 0.1) is 14.2 Å². The smallest absolute Gasteiger partial charge is 0.273 e. The summed E-state index contributed by atoms with van der Waals surface area (Å²) in [4.78, 5) is 33.5. The van der Waals surface area contributed by atoms with Gasteiger partial charge in [-0.2, -0.15) is 0 Å². The van der Waals surface area contributed by atoms with E-state index in [4.69, 9.17) is 9.47 Å². The lowest BCUT2D eigenvalue weighted by Crippen LogP contribution is -2.50.